The fraction of sp³-hybridized carbons (Fsp3) is 0.583. The van der Waals surface area contributed by atoms with Gasteiger partial charge in [-0.25, -0.2) is 0 Å². The van der Waals surface area contributed by atoms with Crippen molar-refractivity contribution in [1.82, 2.24) is 0 Å². The van der Waals surface area contributed by atoms with Gasteiger partial charge in [0.1, 0.15) is 6.61 Å². The van der Waals surface area contributed by atoms with Gasteiger partial charge in [0.15, 0.2) is 11.9 Å². The van der Waals surface area contributed by atoms with Crippen LogP contribution in [-0.2, 0) is 19.1 Å². The minimum atomic E-state index is -1.38. The van der Waals surface area contributed by atoms with Crippen LogP contribution in [0.15, 0.2) is 12.2 Å². The molecule has 0 aromatic heterocycles. The second-order valence-electron chi connectivity index (χ2n) is 3.94. The zero-order chi connectivity index (χ0) is 14.1. The van der Waals surface area contributed by atoms with Crippen LogP contribution in [0.5, 0.6) is 0 Å². The molecule has 0 spiro atoms. The second-order valence-corrected chi connectivity index (χ2v) is 3.94. The standard InChI is InChI=1S/C12H18O6/c1-8(2)12(17)9(13)7-18-11(16)6-4-3-5-10(14)15/h9,13H,1,3-7H2,2H3,(H,14,15). The summed E-state index contributed by atoms with van der Waals surface area (Å²) < 4.78 is 4.68. The minimum Gasteiger partial charge on any atom is -0.481 e. The number of hydrogen-bond acceptors (Lipinski definition) is 5. The summed E-state index contributed by atoms with van der Waals surface area (Å²) in [4.78, 5) is 32.6. The van der Waals surface area contributed by atoms with Crippen LogP contribution in [0, 0.1) is 0 Å². The van der Waals surface area contributed by atoms with Crippen molar-refractivity contribution in [3.63, 3.8) is 0 Å². The van der Waals surface area contributed by atoms with Crippen LogP contribution in [0.3, 0.4) is 0 Å². The van der Waals surface area contributed by atoms with Crippen molar-refractivity contribution < 1.29 is 29.3 Å². The van der Waals surface area contributed by atoms with Gasteiger partial charge in [0.25, 0.3) is 0 Å². The summed E-state index contributed by atoms with van der Waals surface area (Å²) in [6.45, 7) is 4.43. The highest BCUT2D eigenvalue weighted by atomic mass is 16.5. The molecule has 2 N–H and O–H groups in total. The van der Waals surface area contributed by atoms with Crippen molar-refractivity contribution in [3.05, 3.63) is 12.2 Å². The van der Waals surface area contributed by atoms with E-state index in [0.717, 1.165) is 0 Å². The number of ketones is 1. The predicted octanol–water partition coefficient (Wildman–Crippen LogP) is 0.681. The molecule has 6 nitrogen and oxygen atoms in total. The molecule has 0 aromatic carbocycles. The van der Waals surface area contributed by atoms with Crippen LogP contribution < -0.4 is 0 Å². The third-order valence-corrected chi connectivity index (χ3v) is 2.15. The summed E-state index contributed by atoms with van der Waals surface area (Å²) in [7, 11) is 0. The molecule has 0 saturated heterocycles. The first-order chi connectivity index (χ1) is 8.34. The van der Waals surface area contributed by atoms with Gasteiger partial charge in [-0.15, -0.1) is 0 Å². The Bertz CT molecular complexity index is 333. The fourth-order valence-electron chi connectivity index (χ4n) is 1.15. The number of esters is 1. The lowest BCUT2D eigenvalue weighted by Crippen LogP contribution is -2.27. The molecule has 1 unspecified atom stereocenters. The maximum Gasteiger partial charge on any atom is 0.305 e. The van der Waals surface area contributed by atoms with E-state index in [2.05, 4.69) is 11.3 Å². The molecule has 1 atom stereocenters. The molecule has 0 fully saturated rings. The largest absolute Gasteiger partial charge is 0.481 e. The first-order valence-corrected chi connectivity index (χ1v) is 5.59. The van der Waals surface area contributed by atoms with Crippen LogP contribution in [0.4, 0.5) is 0 Å². The number of unbranched alkanes of at least 4 members (excludes halogenated alkanes) is 1. The summed E-state index contributed by atoms with van der Waals surface area (Å²) in [5.41, 5.74) is 0.194. The Morgan fingerprint density at radius 2 is 1.78 bits per heavy atom. The van der Waals surface area contributed by atoms with Crippen molar-refractivity contribution >= 4 is 17.7 Å². The van der Waals surface area contributed by atoms with Gasteiger partial charge in [-0.2, -0.15) is 0 Å². The van der Waals surface area contributed by atoms with Gasteiger partial charge in [-0.3, -0.25) is 14.4 Å². The van der Waals surface area contributed by atoms with E-state index in [9.17, 15) is 19.5 Å². The Morgan fingerprint density at radius 3 is 2.28 bits per heavy atom. The maximum absolute atomic E-state index is 11.2. The monoisotopic (exact) mass is 258 g/mol. The molecule has 0 bridgehead atoms. The number of Topliss-reactive ketones (excluding diaryl/α,β-unsaturated/α-hetero) is 1. The summed E-state index contributed by atoms with van der Waals surface area (Å²) in [5.74, 6) is -2.03. The molecule has 6 heteroatoms. The van der Waals surface area contributed by atoms with Crippen LogP contribution in [0.2, 0.25) is 0 Å². The van der Waals surface area contributed by atoms with Crippen LogP contribution in [0.25, 0.3) is 0 Å². The number of hydrogen-bond donors (Lipinski definition) is 2. The number of ether oxygens (including phenoxy) is 1. The van der Waals surface area contributed by atoms with E-state index in [1.807, 2.05) is 0 Å². The highest BCUT2D eigenvalue weighted by Gasteiger charge is 2.17. The van der Waals surface area contributed by atoms with Gasteiger partial charge in [0.05, 0.1) is 0 Å². The number of aliphatic carboxylic acids is 1. The van der Waals surface area contributed by atoms with Crippen LogP contribution >= 0.6 is 0 Å². The molecule has 0 saturated carbocycles. The Kier molecular flexibility index (Phi) is 7.62. The topological polar surface area (TPSA) is 101 Å². The van der Waals surface area contributed by atoms with E-state index in [1.165, 1.54) is 6.92 Å². The Morgan fingerprint density at radius 1 is 1.22 bits per heavy atom. The minimum absolute atomic E-state index is 0.00402. The van der Waals surface area contributed by atoms with E-state index in [4.69, 9.17) is 5.11 Å². The Labute approximate surface area is 105 Å². The van der Waals surface area contributed by atoms with Gasteiger partial charge >= 0.3 is 11.9 Å². The number of carboxylic acids is 1. The average Bonchev–Trinajstić information content (AvgIpc) is 2.30. The third-order valence-electron chi connectivity index (χ3n) is 2.15. The maximum atomic E-state index is 11.2. The number of aliphatic hydroxyl groups is 1. The summed E-state index contributed by atoms with van der Waals surface area (Å²) in [6.07, 6.45) is -0.524. The predicted molar refractivity (Wildman–Crippen MR) is 62.9 cm³/mol. The van der Waals surface area contributed by atoms with Gasteiger partial charge < -0.3 is 14.9 Å². The van der Waals surface area contributed by atoms with Crippen molar-refractivity contribution in [2.45, 2.75) is 38.7 Å². The Hall–Kier alpha value is -1.69. The zero-order valence-electron chi connectivity index (χ0n) is 10.3. The zero-order valence-corrected chi connectivity index (χ0v) is 10.3. The average molecular weight is 258 g/mol. The molecule has 0 amide bonds. The van der Waals surface area contributed by atoms with Crippen LogP contribution in [0.1, 0.15) is 32.6 Å². The summed E-state index contributed by atoms with van der Waals surface area (Å²) >= 11 is 0. The first-order valence-electron chi connectivity index (χ1n) is 5.59. The fourth-order valence-corrected chi connectivity index (χ4v) is 1.15. The van der Waals surface area contributed by atoms with Gasteiger partial charge in [0, 0.05) is 12.8 Å². The summed E-state index contributed by atoms with van der Waals surface area (Å²) in [6, 6.07) is 0. The van der Waals surface area contributed by atoms with Gasteiger partial charge in [-0.1, -0.05) is 6.58 Å². The van der Waals surface area contributed by atoms with E-state index >= 15 is 0 Å². The van der Waals surface area contributed by atoms with E-state index in [0.29, 0.717) is 12.8 Å². The molecule has 0 aromatic rings. The molecule has 0 rings (SSSR count). The van der Waals surface area contributed by atoms with Crippen molar-refractivity contribution in [3.8, 4) is 0 Å². The van der Waals surface area contributed by atoms with Crippen molar-refractivity contribution in [2.24, 2.45) is 0 Å². The lowest BCUT2D eigenvalue weighted by Gasteiger charge is -2.10. The molecular weight excluding hydrogens is 240 g/mol. The first kappa shape index (κ1) is 16.3. The lowest BCUT2D eigenvalue weighted by atomic mass is 10.1. The highest BCUT2D eigenvalue weighted by molar-refractivity contribution is 5.97. The SMILES string of the molecule is C=C(C)C(=O)C(O)COC(=O)CCCCC(=O)O. The molecular formula is C12H18O6. The molecule has 0 aliphatic rings. The smallest absolute Gasteiger partial charge is 0.305 e. The van der Waals surface area contributed by atoms with Gasteiger partial charge in [-0.05, 0) is 25.3 Å². The third kappa shape index (κ3) is 7.56. The van der Waals surface area contributed by atoms with Gasteiger partial charge in [0.2, 0.25) is 0 Å². The van der Waals surface area contributed by atoms with Crippen LogP contribution in [-0.4, -0.2) is 40.6 Å². The number of aliphatic hydroxyl groups excluding tert-OH is 1. The van der Waals surface area contributed by atoms with Crippen molar-refractivity contribution in [2.75, 3.05) is 6.61 Å². The number of carbonyl (C=O) groups excluding carboxylic acids is 2. The molecule has 0 radical (unpaired) electrons. The molecule has 0 aliphatic carbocycles. The number of carboxylic acid groups (broad SMARTS) is 1. The lowest BCUT2D eigenvalue weighted by molar-refractivity contribution is -0.148. The van der Waals surface area contributed by atoms with E-state index < -0.39 is 30.4 Å². The molecule has 18 heavy (non-hydrogen) atoms. The summed E-state index contributed by atoms with van der Waals surface area (Å²) in [5, 5.41) is 17.7. The molecule has 0 aliphatic heterocycles. The molecule has 0 heterocycles. The second kappa shape index (κ2) is 8.41. The van der Waals surface area contributed by atoms with E-state index in [-0.39, 0.29) is 18.4 Å². The Balaban J connectivity index is 3.73. The van der Waals surface area contributed by atoms with E-state index in [1.54, 1.807) is 0 Å². The normalized spacial score (nSPS) is 11.7. The quantitative estimate of drug-likeness (QED) is 0.358. The molecule has 102 valence electrons. The number of rotatable bonds is 9. The highest BCUT2D eigenvalue weighted by Crippen LogP contribution is 2.03. The number of carbonyl (C=O) groups is 3. The van der Waals surface area contributed by atoms with Crippen molar-refractivity contribution in [1.29, 1.82) is 0 Å².